The van der Waals surface area contributed by atoms with Crippen LogP contribution in [-0.2, 0) is 11.5 Å². The summed E-state index contributed by atoms with van der Waals surface area (Å²) in [5, 5.41) is 0. The molecule has 2 N–H and O–H groups in total. The standard InChI is InChI=1S/C13H20N2O2/c1-2-3-4-5-10-17-11-15-8-6-12(7-9-15)13(14)16/h6-9H,2-5,10-11H2,1H3,(H-,14,16)/p+1. The zero-order chi connectivity index (χ0) is 12.5. The highest BCUT2D eigenvalue weighted by atomic mass is 16.5. The molecule has 0 atom stereocenters. The molecule has 0 fully saturated rings. The third-order valence-electron chi connectivity index (χ3n) is 2.56. The summed E-state index contributed by atoms with van der Waals surface area (Å²) in [6.45, 7) is 3.49. The average Bonchev–Trinajstić information content (AvgIpc) is 2.34. The number of nitrogens with zero attached hydrogens (tertiary/aromatic N) is 1. The minimum absolute atomic E-state index is 0.405. The molecule has 17 heavy (non-hydrogen) atoms. The minimum atomic E-state index is -0.405. The van der Waals surface area contributed by atoms with Gasteiger partial charge in [0, 0.05) is 12.1 Å². The fourth-order valence-corrected chi connectivity index (χ4v) is 1.51. The van der Waals surface area contributed by atoms with Gasteiger partial charge in [0.15, 0.2) is 12.4 Å². The maximum atomic E-state index is 10.9. The molecule has 0 aliphatic rings. The van der Waals surface area contributed by atoms with E-state index in [1.807, 2.05) is 4.57 Å². The second-order valence-electron chi connectivity index (χ2n) is 4.06. The molecule has 1 amide bonds. The second kappa shape index (κ2) is 7.79. The number of nitrogens with two attached hydrogens (primary N) is 1. The first-order chi connectivity index (χ1) is 8.24. The molecule has 4 heteroatoms. The number of rotatable bonds is 8. The van der Waals surface area contributed by atoms with Gasteiger partial charge in [0.2, 0.25) is 5.91 Å². The monoisotopic (exact) mass is 237 g/mol. The Morgan fingerprint density at radius 2 is 2.00 bits per heavy atom. The topological polar surface area (TPSA) is 56.2 Å². The highest BCUT2D eigenvalue weighted by Crippen LogP contribution is 1.98. The van der Waals surface area contributed by atoms with Gasteiger partial charge in [0.25, 0.3) is 6.73 Å². The molecule has 0 spiro atoms. The third kappa shape index (κ3) is 5.45. The normalized spacial score (nSPS) is 10.4. The van der Waals surface area contributed by atoms with Crippen molar-refractivity contribution >= 4 is 5.91 Å². The summed E-state index contributed by atoms with van der Waals surface area (Å²) in [5.74, 6) is -0.405. The summed E-state index contributed by atoms with van der Waals surface area (Å²) in [5.41, 5.74) is 5.67. The highest BCUT2D eigenvalue weighted by molar-refractivity contribution is 5.92. The fourth-order valence-electron chi connectivity index (χ4n) is 1.51. The van der Waals surface area contributed by atoms with Gasteiger partial charge in [-0.05, 0) is 6.42 Å². The Hall–Kier alpha value is -1.42. The molecule has 0 saturated carbocycles. The van der Waals surface area contributed by atoms with Crippen LogP contribution in [-0.4, -0.2) is 12.5 Å². The number of amides is 1. The van der Waals surface area contributed by atoms with Crippen LogP contribution in [0.5, 0.6) is 0 Å². The van der Waals surface area contributed by atoms with Gasteiger partial charge in [-0.25, -0.2) is 0 Å². The molecule has 0 radical (unpaired) electrons. The zero-order valence-electron chi connectivity index (χ0n) is 10.4. The van der Waals surface area contributed by atoms with Crippen molar-refractivity contribution in [2.24, 2.45) is 5.73 Å². The minimum Gasteiger partial charge on any atom is -0.366 e. The second-order valence-corrected chi connectivity index (χ2v) is 4.06. The summed E-state index contributed by atoms with van der Waals surface area (Å²) in [6.07, 6.45) is 8.43. The van der Waals surface area contributed by atoms with Crippen LogP contribution in [0.4, 0.5) is 0 Å². The number of hydrogen-bond donors (Lipinski definition) is 1. The van der Waals surface area contributed by atoms with Crippen LogP contribution >= 0.6 is 0 Å². The Bertz CT molecular complexity index is 336. The van der Waals surface area contributed by atoms with E-state index in [0.717, 1.165) is 13.0 Å². The molecular weight excluding hydrogens is 216 g/mol. The molecule has 1 heterocycles. The smallest absolute Gasteiger partial charge is 0.252 e. The van der Waals surface area contributed by atoms with Crippen LogP contribution in [0.2, 0.25) is 0 Å². The van der Waals surface area contributed by atoms with Gasteiger partial charge in [-0.15, -0.1) is 0 Å². The third-order valence-corrected chi connectivity index (χ3v) is 2.56. The quantitative estimate of drug-likeness (QED) is 0.552. The lowest BCUT2D eigenvalue weighted by Crippen LogP contribution is -2.34. The summed E-state index contributed by atoms with van der Waals surface area (Å²) in [7, 11) is 0. The molecule has 0 aromatic carbocycles. The van der Waals surface area contributed by atoms with E-state index in [2.05, 4.69) is 6.92 Å². The molecule has 0 aliphatic heterocycles. The summed E-state index contributed by atoms with van der Waals surface area (Å²) >= 11 is 0. The van der Waals surface area contributed by atoms with Gasteiger partial charge in [-0.1, -0.05) is 26.2 Å². The Morgan fingerprint density at radius 1 is 1.29 bits per heavy atom. The summed E-state index contributed by atoms with van der Waals surface area (Å²) in [4.78, 5) is 10.9. The summed E-state index contributed by atoms with van der Waals surface area (Å²) in [6, 6.07) is 3.39. The number of carbonyl (C=O) groups is 1. The Balaban J connectivity index is 2.21. The number of primary amides is 1. The maximum Gasteiger partial charge on any atom is 0.252 e. The lowest BCUT2D eigenvalue weighted by atomic mass is 10.2. The molecule has 1 aromatic rings. The van der Waals surface area contributed by atoms with Crippen molar-refractivity contribution in [3.05, 3.63) is 30.1 Å². The number of pyridine rings is 1. The predicted octanol–water partition coefficient (Wildman–Crippen LogP) is 1.63. The van der Waals surface area contributed by atoms with E-state index in [-0.39, 0.29) is 0 Å². The zero-order valence-corrected chi connectivity index (χ0v) is 10.4. The molecule has 1 rings (SSSR count). The molecule has 0 saturated heterocycles. The number of hydrogen-bond acceptors (Lipinski definition) is 2. The number of ether oxygens (including phenoxy) is 1. The lowest BCUT2D eigenvalue weighted by molar-refractivity contribution is -0.732. The van der Waals surface area contributed by atoms with E-state index in [9.17, 15) is 4.79 Å². The van der Waals surface area contributed by atoms with Crippen molar-refractivity contribution in [2.45, 2.75) is 39.3 Å². The number of aromatic nitrogens is 1. The molecule has 4 nitrogen and oxygen atoms in total. The van der Waals surface area contributed by atoms with Gasteiger partial charge in [-0.2, -0.15) is 4.57 Å². The Kier molecular flexibility index (Phi) is 6.25. The van der Waals surface area contributed by atoms with Crippen molar-refractivity contribution in [1.29, 1.82) is 0 Å². The van der Waals surface area contributed by atoms with Crippen LogP contribution in [0.1, 0.15) is 43.0 Å². The Labute approximate surface area is 102 Å². The van der Waals surface area contributed by atoms with E-state index < -0.39 is 5.91 Å². The van der Waals surface area contributed by atoms with Crippen molar-refractivity contribution in [3.8, 4) is 0 Å². The van der Waals surface area contributed by atoms with Crippen LogP contribution in [0, 0.1) is 0 Å². The Morgan fingerprint density at radius 3 is 2.59 bits per heavy atom. The van der Waals surface area contributed by atoms with Crippen molar-refractivity contribution in [2.75, 3.05) is 6.61 Å². The predicted molar refractivity (Wildman–Crippen MR) is 65.2 cm³/mol. The highest BCUT2D eigenvalue weighted by Gasteiger charge is 2.04. The molecule has 94 valence electrons. The molecule has 0 bridgehead atoms. The van der Waals surface area contributed by atoms with Gasteiger partial charge >= 0.3 is 0 Å². The van der Waals surface area contributed by atoms with Gasteiger partial charge in [0.1, 0.15) is 0 Å². The average molecular weight is 237 g/mol. The molecule has 0 aliphatic carbocycles. The van der Waals surface area contributed by atoms with Crippen molar-refractivity contribution in [3.63, 3.8) is 0 Å². The maximum absolute atomic E-state index is 10.9. The summed E-state index contributed by atoms with van der Waals surface area (Å²) < 4.78 is 7.39. The fraction of sp³-hybridized carbons (Fsp3) is 0.538. The van der Waals surface area contributed by atoms with Crippen molar-refractivity contribution < 1.29 is 14.1 Å². The SMILES string of the molecule is CCCCCCOC[n+]1ccc(C(N)=O)cc1. The van der Waals surface area contributed by atoms with Gasteiger partial charge in [-0.3, -0.25) is 4.79 Å². The van der Waals surface area contributed by atoms with Crippen LogP contribution in [0.25, 0.3) is 0 Å². The molecule has 0 unspecified atom stereocenters. The van der Waals surface area contributed by atoms with Crippen LogP contribution < -0.4 is 10.3 Å². The van der Waals surface area contributed by atoms with Crippen LogP contribution in [0.15, 0.2) is 24.5 Å². The van der Waals surface area contributed by atoms with Crippen molar-refractivity contribution in [1.82, 2.24) is 0 Å². The number of unbranched alkanes of at least 4 members (excludes halogenated alkanes) is 3. The first-order valence-electron chi connectivity index (χ1n) is 6.10. The van der Waals surface area contributed by atoms with E-state index in [4.69, 9.17) is 10.5 Å². The first kappa shape index (κ1) is 13.6. The first-order valence-corrected chi connectivity index (χ1v) is 6.10. The van der Waals surface area contributed by atoms with E-state index >= 15 is 0 Å². The molecule has 1 aromatic heterocycles. The van der Waals surface area contributed by atoms with Crippen LogP contribution in [0.3, 0.4) is 0 Å². The van der Waals surface area contributed by atoms with E-state index in [1.165, 1.54) is 19.3 Å². The number of carbonyl (C=O) groups excluding carboxylic acids is 1. The van der Waals surface area contributed by atoms with E-state index in [0.29, 0.717) is 12.3 Å². The van der Waals surface area contributed by atoms with Gasteiger partial charge in [0.05, 0.1) is 12.2 Å². The largest absolute Gasteiger partial charge is 0.366 e. The van der Waals surface area contributed by atoms with Gasteiger partial charge < -0.3 is 10.5 Å². The lowest BCUT2D eigenvalue weighted by Gasteiger charge is -2.01. The molecular formula is C13H21N2O2+. The van der Waals surface area contributed by atoms with E-state index in [1.54, 1.807) is 24.5 Å².